The summed E-state index contributed by atoms with van der Waals surface area (Å²) >= 11 is 5.21. The quantitative estimate of drug-likeness (QED) is 0.312. The van der Waals surface area contributed by atoms with Crippen molar-refractivity contribution >= 4 is 44.1 Å². The van der Waals surface area contributed by atoms with Gasteiger partial charge in [0.05, 0.1) is 22.7 Å². The molecule has 2 aromatic carbocycles. The van der Waals surface area contributed by atoms with Gasteiger partial charge in [0, 0.05) is 4.88 Å². The number of rotatable bonds is 4. The van der Waals surface area contributed by atoms with E-state index in [9.17, 15) is 9.59 Å². The smallest absolute Gasteiger partial charge is 0.343 e. The lowest BCUT2D eigenvalue weighted by atomic mass is 9.88. The number of esters is 1. The molecule has 0 saturated carbocycles. The van der Waals surface area contributed by atoms with Gasteiger partial charge in [-0.1, -0.05) is 24.6 Å². The first-order chi connectivity index (χ1) is 16.3. The number of hydrogen-bond donors (Lipinski definition) is 2. The summed E-state index contributed by atoms with van der Waals surface area (Å²) in [5.74, 6) is 0.794. The molecule has 1 amide bonds. The van der Waals surface area contributed by atoms with E-state index in [2.05, 4.69) is 33.5 Å². The van der Waals surface area contributed by atoms with Gasteiger partial charge in [-0.05, 0) is 83.4 Å². The van der Waals surface area contributed by atoms with Gasteiger partial charge >= 0.3 is 5.97 Å². The van der Waals surface area contributed by atoms with E-state index in [0.29, 0.717) is 27.5 Å². The molecule has 8 heteroatoms. The average Bonchev–Trinajstić information content (AvgIpc) is 3.18. The standard InChI is InChI=1S/C26H25BrN2O4S/c1-13-4-7-15(8-5-13)26(31)33-22-18(27)11-16(12-19(22)32-3)23-28-24(30)21-17-9-6-14(2)10-20(17)34-25(21)29-23/h4-5,7-8,11-12,14,23,29H,6,9-10H2,1-3H3,(H,28,30). The molecule has 34 heavy (non-hydrogen) atoms. The second kappa shape index (κ2) is 9.07. The molecular weight excluding hydrogens is 516 g/mol. The zero-order valence-corrected chi connectivity index (χ0v) is 21.6. The molecule has 3 aromatic rings. The second-order valence-electron chi connectivity index (χ2n) is 8.90. The Labute approximate surface area is 210 Å². The molecule has 2 aliphatic rings. The molecule has 0 spiro atoms. The number of benzene rings is 2. The first-order valence-electron chi connectivity index (χ1n) is 11.2. The van der Waals surface area contributed by atoms with E-state index in [0.717, 1.165) is 41.0 Å². The normalized spacial score (nSPS) is 18.9. The van der Waals surface area contributed by atoms with Crippen LogP contribution in [0.5, 0.6) is 11.5 Å². The maximum atomic E-state index is 13.1. The lowest BCUT2D eigenvalue weighted by molar-refractivity contribution is 0.0728. The monoisotopic (exact) mass is 540 g/mol. The number of nitrogens with one attached hydrogen (secondary N) is 2. The van der Waals surface area contributed by atoms with Crippen molar-refractivity contribution < 1.29 is 19.1 Å². The van der Waals surface area contributed by atoms with E-state index in [1.165, 1.54) is 17.6 Å². The van der Waals surface area contributed by atoms with Crippen molar-refractivity contribution in [2.24, 2.45) is 5.92 Å². The van der Waals surface area contributed by atoms with E-state index >= 15 is 0 Å². The molecule has 2 unspecified atom stereocenters. The Morgan fingerprint density at radius 2 is 1.94 bits per heavy atom. The van der Waals surface area contributed by atoms with Crippen LogP contribution in [-0.2, 0) is 12.8 Å². The summed E-state index contributed by atoms with van der Waals surface area (Å²) in [6.45, 7) is 4.22. The van der Waals surface area contributed by atoms with Gasteiger partial charge in [0.25, 0.3) is 5.91 Å². The van der Waals surface area contributed by atoms with Crippen LogP contribution in [-0.4, -0.2) is 19.0 Å². The van der Waals surface area contributed by atoms with Crippen LogP contribution in [0.25, 0.3) is 0 Å². The van der Waals surface area contributed by atoms with Gasteiger partial charge in [0.2, 0.25) is 0 Å². The summed E-state index contributed by atoms with van der Waals surface area (Å²) in [6, 6.07) is 10.8. The minimum atomic E-state index is -0.473. The highest BCUT2D eigenvalue weighted by atomic mass is 79.9. The predicted molar refractivity (Wildman–Crippen MR) is 136 cm³/mol. The third-order valence-electron chi connectivity index (χ3n) is 6.36. The Balaban J connectivity index is 1.42. The molecular formula is C26H25BrN2O4S. The van der Waals surface area contributed by atoms with E-state index in [4.69, 9.17) is 9.47 Å². The zero-order valence-electron chi connectivity index (χ0n) is 19.2. The van der Waals surface area contributed by atoms with Gasteiger partial charge in [0.1, 0.15) is 11.2 Å². The molecule has 1 aliphatic heterocycles. The number of amides is 1. The van der Waals surface area contributed by atoms with Crippen molar-refractivity contribution in [1.29, 1.82) is 0 Å². The third kappa shape index (κ3) is 4.20. The molecule has 0 fully saturated rings. The number of anilines is 1. The van der Waals surface area contributed by atoms with E-state index in [-0.39, 0.29) is 5.91 Å². The molecule has 176 valence electrons. The number of methoxy groups -OCH3 is 1. The van der Waals surface area contributed by atoms with Crippen LogP contribution >= 0.6 is 27.3 Å². The van der Waals surface area contributed by atoms with Crippen molar-refractivity contribution in [3.8, 4) is 11.5 Å². The number of halogens is 1. The summed E-state index contributed by atoms with van der Waals surface area (Å²) in [5, 5.41) is 7.48. The van der Waals surface area contributed by atoms with Crippen LogP contribution in [0.4, 0.5) is 5.00 Å². The molecule has 0 bridgehead atoms. The molecule has 2 N–H and O–H groups in total. The highest BCUT2D eigenvalue weighted by molar-refractivity contribution is 9.10. The number of thiophene rings is 1. The van der Waals surface area contributed by atoms with Gasteiger partial charge in [-0.25, -0.2) is 4.79 Å². The van der Waals surface area contributed by atoms with Crippen LogP contribution in [0.1, 0.15) is 61.8 Å². The Kier molecular flexibility index (Phi) is 6.12. The number of hydrogen-bond acceptors (Lipinski definition) is 6. The minimum Gasteiger partial charge on any atom is -0.493 e. The van der Waals surface area contributed by atoms with Gasteiger partial charge in [0.15, 0.2) is 11.5 Å². The zero-order chi connectivity index (χ0) is 24.0. The molecule has 0 radical (unpaired) electrons. The topological polar surface area (TPSA) is 76.7 Å². The number of aryl methyl sites for hydroxylation is 1. The van der Waals surface area contributed by atoms with Crippen molar-refractivity contribution in [3.05, 3.63) is 73.6 Å². The van der Waals surface area contributed by atoms with Gasteiger partial charge in [-0.3, -0.25) is 4.79 Å². The third-order valence-corrected chi connectivity index (χ3v) is 8.13. The van der Waals surface area contributed by atoms with Crippen LogP contribution in [0.15, 0.2) is 40.9 Å². The van der Waals surface area contributed by atoms with Crippen LogP contribution in [0, 0.1) is 12.8 Å². The molecule has 6 nitrogen and oxygen atoms in total. The van der Waals surface area contributed by atoms with Crippen molar-refractivity contribution in [1.82, 2.24) is 5.32 Å². The van der Waals surface area contributed by atoms with Crippen molar-refractivity contribution in [2.75, 3.05) is 12.4 Å². The highest BCUT2D eigenvalue weighted by Crippen LogP contribution is 2.44. The summed E-state index contributed by atoms with van der Waals surface area (Å²) in [7, 11) is 1.52. The fraction of sp³-hybridized carbons (Fsp3) is 0.308. The Bertz CT molecular complexity index is 1280. The van der Waals surface area contributed by atoms with Gasteiger partial charge < -0.3 is 20.1 Å². The average molecular weight is 541 g/mol. The maximum absolute atomic E-state index is 13.1. The molecule has 1 aromatic heterocycles. The molecule has 0 saturated heterocycles. The Morgan fingerprint density at radius 1 is 1.18 bits per heavy atom. The van der Waals surface area contributed by atoms with E-state index < -0.39 is 12.1 Å². The van der Waals surface area contributed by atoms with Gasteiger partial charge in [-0.15, -0.1) is 11.3 Å². The van der Waals surface area contributed by atoms with Crippen molar-refractivity contribution in [2.45, 2.75) is 39.3 Å². The lowest BCUT2D eigenvalue weighted by Gasteiger charge is -2.27. The number of carbonyl (C=O) groups is 2. The number of fused-ring (bicyclic) bond motifs is 3. The molecule has 2 heterocycles. The molecule has 2 atom stereocenters. The second-order valence-corrected chi connectivity index (χ2v) is 10.9. The van der Waals surface area contributed by atoms with E-state index in [1.54, 1.807) is 29.5 Å². The number of ether oxygens (including phenoxy) is 2. The SMILES string of the molecule is COc1cc(C2NC(=O)c3c(sc4c3CCC(C)C4)N2)cc(Br)c1OC(=O)c1ccc(C)cc1. The summed E-state index contributed by atoms with van der Waals surface area (Å²) in [5.41, 5.74) is 4.29. The van der Waals surface area contributed by atoms with Crippen LogP contribution in [0.2, 0.25) is 0 Å². The Hall–Kier alpha value is -2.84. The predicted octanol–water partition coefficient (Wildman–Crippen LogP) is 6.03. The van der Waals surface area contributed by atoms with Crippen LogP contribution in [0.3, 0.4) is 0 Å². The largest absolute Gasteiger partial charge is 0.493 e. The van der Waals surface area contributed by atoms with E-state index in [1.807, 2.05) is 25.1 Å². The summed E-state index contributed by atoms with van der Waals surface area (Å²) < 4.78 is 11.8. The van der Waals surface area contributed by atoms with Crippen molar-refractivity contribution in [3.63, 3.8) is 0 Å². The Morgan fingerprint density at radius 3 is 2.68 bits per heavy atom. The van der Waals surface area contributed by atoms with Crippen LogP contribution < -0.4 is 20.1 Å². The molecule has 5 rings (SSSR count). The lowest BCUT2D eigenvalue weighted by Crippen LogP contribution is -2.38. The minimum absolute atomic E-state index is 0.0595. The first-order valence-corrected chi connectivity index (χ1v) is 12.8. The fourth-order valence-corrected chi connectivity index (χ4v) is 6.45. The summed E-state index contributed by atoms with van der Waals surface area (Å²) in [6.07, 6.45) is 2.65. The van der Waals surface area contributed by atoms with Gasteiger partial charge in [-0.2, -0.15) is 0 Å². The first kappa shape index (κ1) is 22.9. The fourth-order valence-electron chi connectivity index (χ4n) is 4.48. The highest BCUT2D eigenvalue weighted by Gasteiger charge is 2.33. The number of carbonyl (C=O) groups excluding carboxylic acids is 2. The summed E-state index contributed by atoms with van der Waals surface area (Å²) in [4.78, 5) is 27.0. The maximum Gasteiger partial charge on any atom is 0.343 e. The molecule has 1 aliphatic carbocycles.